The molecule has 0 saturated heterocycles. The first-order chi connectivity index (χ1) is 32.1. The van der Waals surface area contributed by atoms with E-state index in [0.29, 0.717) is 0 Å². The summed E-state index contributed by atoms with van der Waals surface area (Å²) in [6, 6.07) is 59.8. The van der Waals surface area contributed by atoms with Gasteiger partial charge in [-0.1, -0.05) is 177 Å². The van der Waals surface area contributed by atoms with Crippen molar-refractivity contribution in [3.63, 3.8) is 0 Å². The molecule has 3 nitrogen and oxygen atoms in total. The number of benzene rings is 7. The van der Waals surface area contributed by atoms with Gasteiger partial charge in [0.15, 0.2) is 0 Å². The third-order valence-corrected chi connectivity index (χ3v) is 18.5. The molecule has 13 rings (SSSR count). The zero-order chi connectivity index (χ0) is 46.0. The summed E-state index contributed by atoms with van der Waals surface area (Å²) >= 11 is 0. The Bertz CT molecular complexity index is 3200. The highest BCUT2D eigenvalue weighted by atomic mass is 15.3. The van der Waals surface area contributed by atoms with Crippen LogP contribution in [0.5, 0.6) is 0 Å². The van der Waals surface area contributed by atoms with Crippen molar-refractivity contribution >= 4 is 62.9 Å². The Kier molecular flexibility index (Phi) is 8.36. The molecule has 2 aliphatic carbocycles. The van der Waals surface area contributed by atoms with Gasteiger partial charge in [-0.25, -0.2) is 0 Å². The zero-order valence-electron chi connectivity index (χ0n) is 41.1. The second-order valence-electron chi connectivity index (χ2n) is 23.7. The van der Waals surface area contributed by atoms with Gasteiger partial charge in [0.1, 0.15) is 0 Å². The molecular weight excluding hydrogens is 810 g/mol. The van der Waals surface area contributed by atoms with E-state index in [1.807, 2.05) is 0 Å². The summed E-state index contributed by atoms with van der Waals surface area (Å²) in [5, 5.41) is 0. The molecule has 7 aromatic rings. The van der Waals surface area contributed by atoms with Gasteiger partial charge in [0.2, 0.25) is 0 Å². The molecule has 0 radical (unpaired) electrons. The molecule has 0 amide bonds. The Morgan fingerprint density at radius 2 is 1.15 bits per heavy atom. The fourth-order valence-electron chi connectivity index (χ4n) is 14.9. The highest BCUT2D eigenvalue weighted by Crippen LogP contribution is 2.67. The fraction of sp³-hybridized carbons (Fsp3) is 0.333. The van der Waals surface area contributed by atoms with Crippen LogP contribution >= 0.6 is 0 Å². The van der Waals surface area contributed by atoms with Crippen molar-refractivity contribution in [3.8, 4) is 0 Å². The van der Waals surface area contributed by atoms with Crippen LogP contribution in [0.15, 0.2) is 152 Å². The number of hydrogen-bond acceptors (Lipinski definition) is 3. The lowest BCUT2D eigenvalue weighted by molar-refractivity contribution is 0.215. The zero-order valence-corrected chi connectivity index (χ0v) is 41.1. The molecule has 0 bridgehead atoms. The van der Waals surface area contributed by atoms with Gasteiger partial charge >= 0.3 is 0 Å². The molecule has 334 valence electrons. The van der Waals surface area contributed by atoms with E-state index in [1.165, 1.54) is 108 Å². The molecule has 1 fully saturated rings. The third-order valence-electron chi connectivity index (χ3n) is 18.5. The number of fused-ring (bicyclic) bond motifs is 12. The highest BCUT2D eigenvalue weighted by molar-refractivity contribution is 7.00. The Balaban J connectivity index is 1.18. The van der Waals surface area contributed by atoms with Gasteiger partial charge in [0, 0.05) is 50.6 Å². The number of rotatable bonds is 3. The molecule has 4 unspecified atom stereocenters. The maximum Gasteiger partial charge on any atom is 0.252 e. The maximum atomic E-state index is 2.95. The molecule has 4 heteroatoms. The first-order valence-electron chi connectivity index (χ1n) is 25.3. The SMILES string of the molecule is CC(C)(C)c1ccc2c(c1)C1(C)CCc3ccccc3C1(C)N2c1cc2c3c(c1)N1c4c(cc(C(C)(C)C)cc4C4(c5ccccc5)CCCCC14C)B3c1ccccc1N2c1ccccc1. The number of nitrogens with zero attached hydrogens (tertiary/aromatic N) is 3. The molecule has 0 spiro atoms. The number of para-hydroxylation sites is 2. The third kappa shape index (κ3) is 5.15. The van der Waals surface area contributed by atoms with Crippen molar-refractivity contribution < 1.29 is 0 Å². The van der Waals surface area contributed by atoms with E-state index in [0.717, 1.165) is 25.7 Å². The Morgan fingerprint density at radius 1 is 0.493 bits per heavy atom. The molecular formula is C63H64BN3. The predicted molar refractivity (Wildman–Crippen MR) is 284 cm³/mol. The van der Waals surface area contributed by atoms with Crippen LogP contribution in [0.4, 0.5) is 39.8 Å². The Morgan fingerprint density at radius 3 is 1.91 bits per heavy atom. The Labute approximate surface area is 400 Å². The van der Waals surface area contributed by atoms with Crippen LogP contribution in [0, 0.1) is 0 Å². The van der Waals surface area contributed by atoms with E-state index in [9.17, 15) is 0 Å². The van der Waals surface area contributed by atoms with Crippen LogP contribution in [0.3, 0.4) is 0 Å². The largest absolute Gasteiger partial charge is 0.335 e. The van der Waals surface area contributed by atoms with Crippen LogP contribution in [-0.4, -0.2) is 12.3 Å². The molecule has 6 aliphatic rings. The van der Waals surface area contributed by atoms with Gasteiger partial charge < -0.3 is 14.7 Å². The van der Waals surface area contributed by atoms with Gasteiger partial charge in [-0.3, -0.25) is 0 Å². The average Bonchev–Trinajstić information content (AvgIpc) is 3.70. The van der Waals surface area contributed by atoms with Crippen LogP contribution in [0.25, 0.3) is 0 Å². The minimum Gasteiger partial charge on any atom is -0.335 e. The van der Waals surface area contributed by atoms with Crippen LogP contribution < -0.4 is 31.1 Å². The normalized spacial score (nSPS) is 25.1. The van der Waals surface area contributed by atoms with Crippen molar-refractivity contribution in [3.05, 3.63) is 191 Å². The molecule has 67 heavy (non-hydrogen) atoms. The molecule has 1 saturated carbocycles. The van der Waals surface area contributed by atoms with Crippen molar-refractivity contribution in [2.45, 2.75) is 134 Å². The van der Waals surface area contributed by atoms with Gasteiger partial charge in [0.05, 0.1) is 11.1 Å². The topological polar surface area (TPSA) is 9.72 Å². The van der Waals surface area contributed by atoms with E-state index in [4.69, 9.17) is 0 Å². The van der Waals surface area contributed by atoms with Crippen molar-refractivity contribution in [2.75, 3.05) is 14.7 Å². The smallest absolute Gasteiger partial charge is 0.252 e. The van der Waals surface area contributed by atoms with E-state index >= 15 is 0 Å². The summed E-state index contributed by atoms with van der Waals surface area (Å²) < 4.78 is 0. The van der Waals surface area contributed by atoms with E-state index < -0.39 is 0 Å². The molecule has 7 aromatic carbocycles. The van der Waals surface area contributed by atoms with Crippen molar-refractivity contribution in [1.29, 1.82) is 0 Å². The lowest BCUT2D eigenvalue weighted by atomic mass is 9.33. The molecule has 4 atom stereocenters. The van der Waals surface area contributed by atoms with Gasteiger partial charge in [0.25, 0.3) is 6.71 Å². The van der Waals surface area contributed by atoms with Crippen LogP contribution in [0.1, 0.15) is 133 Å². The van der Waals surface area contributed by atoms with E-state index in [1.54, 1.807) is 0 Å². The minimum absolute atomic E-state index is 0.0325. The van der Waals surface area contributed by atoms with E-state index in [-0.39, 0.29) is 39.5 Å². The van der Waals surface area contributed by atoms with Crippen molar-refractivity contribution in [2.24, 2.45) is 0 Å². The number of hydrogen-bond donors (Lipinski definition) is 0. The second-order valence-corrected chi connectivity index (χ2v) is 23.7. The minimum atomic E-state index is -0.349. The van der Waals surface area contributed by atoms with Crippen LogP contribution in [-0.2, 0) is 33.6 Å². The predicted octanol–water partition coefficient (Wildman–Crippen LogP) is 13.9. The van der Waals surface area contributed by atoms with Gasteiger partial charge in [-0.15, -0.1) is 0 Å². The lowest BCUT2D eigenvalue weighted by Crippen LogP contribution is -2.65. The summed E-state index contributed by atoms with van der Waals surface area (Å²) in [4.78, 5) is 8.39. The molecule has 4 heterocycles. The molecule has 4 aliphatic heterocycles. The van der Waals surface area contributed by atoms with Gasteiger partial charge in [-0.05, 0) is 142 Å². The summed E-state index contributed by atoms with van der Waals surface area (Å²) in [6.07, 6.45) is 6.86. The monoisotopic (exact) mass is 874 g/mol. The number of anilines is 7. The van der Waals surface area contributed by atoms with Crippen molar-refractivity contribution in [1.82, 2.24) is 0 Å². The molecule has 0 aromatic heterocycles. The quantitative estimate of drug-likeness (QED) is 0.164. The standard InChI is InChI=1S/C63H64BN3/c1-58(2,3)43-30-31-52-48(36-43)60(7)35-32-41-22-16-17-27-47(41)62(60,9)66(52)46-39-54-56-55(40-46)67-57-49(63(42-23-12-10-13-24-42)34-21-20-33-61(63,67)8)37-44(59(4,5)6)38-51(57)64(56)50-28-18-19-29-53(50)65(54)45-25-14-11-15-26-45/h10-19,22-31,36-40H,20-21,32-35H2,1-9H3. The second kappa shape index (κ2) is 13.6. The summed E-state index contributed by atoms with van der Waals surface area (Å²) in [7, 11) is 0. The summed E-state index contributed by atoms with van der Waals surface area (Å²) in [6.45, 7) is 22.2. The Hall–Kier alpha value is -6.00. The first-order valence-corrected chi connectivity index (χ1v) is 25.3. The summed E-state index contributed by atoms with van der Waals surface area (Å²) in [5.41, 5.74) is 22.9. The fourth-order valence-corrected chi connectivity index (χ4v) is 14.9. The van der Waals surface area contributed by atoms with Crippen LogP contribution in [0.2, 0.25) is 0 Å². The first kappa shape index (κ1) is 41.2. The summed E-state index contributed by atoms with van der Waals surface area (Å²) in [5.74, 6) is 0. The molecule has 0 N–H and O–H groups in total. The number of aryl methyl sites for hydroxylation is 1. The maximum absolute atomic E-state index is 2.95. The van der Waals surface area contributed by atoms with Gasteiger partial charge in [-0.2, -0.15) is 0 Å². The highest BCUT2D eigenvalue weighted by Gasteiger charge is 2.65. The van der Waals surface area contributed by atoms with E-state index in [2.05, 4.69) is 229 Å². The lowest BCUT2D eigenvalue weighted by Gasteiger charge is -2.55. The average molecular weight is 874 g/mol.